The Morgan fingerprint density at radius 1 is 1.20 bits per heavy atom. The predicted molar refractivity (Wildman–Crippen MR) is 71.5 cm³/mol. The molecule has 106 valence electrons. The van der Waals surface area contributed by atoms with Crippen molar-refractivity contribution in [2.45, 2.75) is 19.1 Å². The van der Waals surface area contributed by atoms with Crippen molar-refractivity contribution in [3.63, 3.8) is 0 Å². The lowest BCUT2D eigenvalue weighted by atomic mass is 9.97. The van der Waals surface area contributed by atoms with Gasteiger partial charge in [-0.15, -0.1) is 0 Å². The molecule has 2 atom stereocenters. The summed E-state index contributed by atoms with van der Waals surface area (Å²) in [5.41, 5.74) is 0.280. The van der Waals surface area contributed by atoms with Crippen molar-refractivity contribution >= 4 is 16.7 Å². The number of halogens is 1. The first-order chi connectivity index (χ1) is 9.56. The minimum Gasteiger partial charge on any atom is -0.464 e. The molecule has 0 aliphatic carbocycles. The van der Waals surface area contributed by atoms with E-state index >= 15 is 0 Å². The van der Waals surface area contributed by atoms with E-state index in [1.54, 1.807) is 31.2 Å². The van der Waals surface area contributed by atoms with E-state index in [4.69, 9.17) is 0 Å². The van der Waals surface area contributed by atoms with Crippen molar-refractivity contribution < 1.29 is 24.1 Å². The van der Waals surface area contributed by atoms with Crippen LogP contribution in [0, 0.1) is 5.82 Å². The molecule has 2 unspecified atom stereocenters. The number of hydrogen-bond acceptors (Lipinski definition) is 4. The zero-order chi connectivity index (χ0) is 14.7. The third-order valence-corrected chi connectivity index (χ3v) is 3.05. The number of ether oxygens (including phenoxy) is 1. The maximum atomic E-state index is 13.7. The summed E-state index contributed by atoms with van der Waals surface area (Å²) in [6, 6.07) is 9.09. The number of esters is 1. The van der Waals surface area contributed by atoms with Crippen LogP contribution < -0.4 is 0 Å². The number of hydrogen-bond donors (Lipinski definition) is 2. The molecule has 2 aromatic carbocycles. The second-order valence-electron chi connectivity index (χ2n) is 4.32. The summed E-state index contributed by atoms with van der Waals surface area (Å²) < 4.78 is 18.3. The molecule has 4 nitrogen and oxygen atoms in total. The smallest absolute Gasteiger partial charge is 0.338 e. The minimum absolute atomic E-state index is 0.104. The van der Waals surface area contributed by atoms with Gasteiger partial charge in [0.05, 0.1) is 6.61 Å². The number of rotatable bonds is 4. The van der Waals surface area contributed by atoms with Crippen molar-refractivity contribution in [1.29, 1.82) is 0 Å². The third kappa shape index (κ3) is 2.64. The Bertz CT molecular complexity index is 626. The van der Waals surface area contributed by atoms with Gasteiger partial charge in [0, 0.05) is 5.39 Å². The van der Waals surface area contributed by atoms with E-state index in [0.717, 1.165) is 0 Å². The molecule has 2 N–H and O–H groups in total. The van der Waals surface area contributed by atoms with E-state index < -0.39 is 24.0 Å². The fourth-order valence-electron chi connectivity index (χ4n) is 2.07. The molecule has 0 aliphatic rings. The summed E-state index contributed by atoms with van der Waals surface area (Å²) in [5, 5.41) is 20.7. The van der Waals surface area contributed by atoms with Crippen LogP contribution in [-0.2, 0) is 9.53 Å². The summed E-state index contributed by atoms with van der Waals surface area (Å²) >= 11 is 0. The standard InChI is InChI=1S/C15H15FO4/c1-2-20-15(19)14(18)13(17)11-7-8-12(16)10-6-4-3-5-9(10)11/h3-8,13-14,17-18H,2H2,1H3. The molecule has 0 amide bonds. The fraction of sp³-hybridized carbons (Fsp3) is 0.267. The highest BCUT2D eigenvalue weighted by molar-refractivity contribution is 5.87. The number of fused-ring (bicyclic) bond motifs is 1. The van der Waals surface area contributed by atoms with Gasteiger partial charge in [-0.05, 0) is 23.9 Å². The quantitative estimate of drug-likeness (QED) is 0.839. The molecule has 0 bridgehead atoms. The van der Waals surface area contributed by atoms with Crippen LogP contribution in [-0.4, -0.2) is 28.9 Å². The summed E-state index contributed by atoms with van der Waals surface area (Å²) in [4.78, 5) is 11.5. The topological polar surface area (TPSA) is 66.8 Å². The van der Waals surface area contributed by atoms with E-state index in [-0.39, 0.29) is 12.2 Å². The van der Waals surface area contributed by atoms with Crippen LogP contribution in [0.4, 0.5) is 4.39 Å². The molecule has 5 heteroatoms. The lowest BCUT2D eigenvalue weighted by Gasteiger charge is -2.18. The molecular weight excluding hydrogens is 263 g/mol. The van der Waals surface area contributed by atoms with E-state index in [0.29, 0.717) is 10.8 Å². The number of benzene rings is 2. The summed E-state index contributed by atoms with van der Waals surface area (Å²) in [7, 11) is 0. The predicted octanol–water partition coefficient (Wildman–Crippen LogP) is 1.94. The SMILES string of the molecule is CCOC(=O)C(O)C(O)c1ccc(F)c2ccccc12. The molecular formula is C15H15FO4. The van der Waals surface area contributed by atoms with Gasteiger partial charge in [0.25, 0.3) is 0 Å². The lowest BCUT2D eigenvalue weighted by Crippen LogP contribution is -2.30. The molecule has 0 spiro atoms. The first-order valence-corrected chi connectivity index (χ1v) is 6.26. The van der Waals surface area contributed by atoms with Crippen molar-refractivity contribution in [2.24, 2.45) is 0 Å². The van der Waals surface area contributed by atoms with Crippen LogP contribution >= 0.6 is 0 Å². The molecule has 20 heavy (non-hydrogen) atoms. The van der Waals surface area contributed by atoms with Crippen LogP contribution in [0.3, 0.4) is 0 Å². The second kappa shape index (κ2) is 5.98. The number of carbonyl (C=O) groups excluding carboxylic acids is 1. The Kier molecular flexibility index (Phi) is 4.32. The van der Waals surface area contributed by atoms with Gasteiger partial charge in [-0.3, -0.25) is 0 Å². The molecule has 0 aromatic heterocycles. The lowest BCUT2D eigenvalue weighted by molar-refractivity contribution is -0.159. The second-order valence-corrected chi connectivity index (χ2v) is 4.32. The highest BCUT2D eigenvalue weighted by Crippen LogP contribution is 2.28. The van der Waals surface area contributed by atoms with Gasteiger partial charge in [0.1, 0.15) is 11.9 Å². The highest BCUT2D eigenvalue weighted by Gasteiger charge is 2.28. The van der Waals surface area contributed by atoms with E-state index in [1.807, 2.05) is 0 Å². The zero-order valence-electron chi connectivity index (χ0n) is 10.9. The van der Waals surface area contributed by atoms with Crippen LogP contribution in [0.2, 0.25) is 0 Å². The van der Waals surface area contributed by atoms with Crippen LogP contribution in [0.25, 0.3) is 10.8 Å². The van der Waals surface area contributed by atoms with Gasteiger partial charge in [0.15, 0.2) is 6.10 Å². The first-order valence-electron chi connectivity index (χ1n) is 6.26. The molecule has 2 aromatic rings. The average molecular weight is 278 g/mol. The Morgan fingerprint density at radius 3 is 2.50 bits per heavy atom. The molecule has 2 rings (SSSR count). The largest absolute Gasteiger partial charge is 0.464 e. The normalized spacial score (nSPS) is 14.0. The van der Waals surface area contributed by atoms with Crippen LogP contribution in [0.5, 0.6) is 0 Å². The third-order valence-electron chi connectivity index (χ3n) is 3.05. The molecule has 0 saturated heterocycles. The summed E-state index contributed by atoms with van der Waals surface area (Å²) in [6.07, 6.45) is -3.18. The van der Waals surface area contributed by atoms with Crippen LogP contribution in [0.15, 0.2) is 36.4 Å². The molecule has 0 saturated carbocycles. The van der Waals surface area contributed by atoms with Gasteiger partial charge in [-0.25, -0.2) is 9.18 Å². The van der Waals surface area contributed by atoms with E-state index in [9.17, 15) is 19.4 Å². The Hall–Kier alpha value is -1.98. The maximum Gasteiger partial charge on any atom is 0.338 e. The van der Waals surface area contributed by atoms with Crippen molar-refractivity contribution in [2.75, 3.05) is 6.61 Å². The van der Waals surface area contributed by atoms with E-state index in [1.165, 1.54) is 12.1 Å². The van der Waals surface area contributed by atoms with Gasteiger partial charge in [0.2, 0.25) is 0 Å². The highest BCUT2D eigenvalue weighted by atomic mass is 19.1. The minimum atomic E-state index is -1.70. The maximum absolute atomic E-state index is 13.7. The zero-order valence-corrected chi connectivity index (χ0v) is 10.9. The van der Waals surface area contributed by atoms with Crippen molar-refractivity contribution in [1.82, 2.24) is 0 Å². The Morgan fingerprint density at radius 2 is 1.85 bits per heavy atom. The first kappa shape index (κ1) is 14.4. The van der Waals surface area contributed by atoms with Gasteiger partial charge in [-0.2, -0.15) is 0 Å². The molecule has 0 aliphatic heterocycles. The van der Waals surface area contributed by atoms with Crippen LogP contribution in [0.1, 0.15) is 18.6 Å². The van der Waals surface area contributed by atoms with Crippen molar-refractivity contribution in [3.05, 3.63) is 47.8 Å². The van der Waals surface area contributed by atoms with Gasteiger partial charge in [-0.1, -0.05) is 30.3 Å². The monoisotopic (exact) mass is 278 g/mol. The van der Waals surface area contributed by atoms with Gasteiger partial charge < -0.3 is 14.9 Å². The Labute approximate surface area is 115 Å². The summed E-state index contributed by atoms with van der Waals surface area (Å²) in [6.45, 7) is 1.71. The van der Waals surface area contributed by atoms with Gasteiger partial charge >= 0.3 is 5.97 Å². The summed E-state index contributed by atoms with van der Waals surface area (Å²) in [5.74, 6) is -1.34. The number of carbonyl (C=O) groups is 1. The molecule has 0 heterocycles. The molecule has 0 fully saturated rings. The number of aliphatic hydroxyl groups excluding tert-OH is 2. The fourth-order valence-corrected chi connectivity index (χ4v) is 2.07. The van der Waals surface area contributed by atoms with Crippen molar-refractivity contribution in [3.8, 4) is 0 Å². The average Bonchev–Trinajstić information content (AvgIpc) is 2.47. The Balaban J connectivity index is 2.42. The van der Waals surface area contributed by atoms with E-state index in [2.05, 4.69) is 4.74 Å². The molecule has 0 radical (unpaired) electrons. The number of aliphatic hydroxyl groups is 2.